The molecule has 4 nitrogen and oxygen atoms in total. The quantitative estimate of drug-likeness (QED) is 0.338. The van der Waals surface area contributed by atoms with Gasteiger partial charge >= 0.3 is 5.97 Å². The summed E-state index contributed by atoms with van der Waals surface area (Å²) >= 11 is 2.75. The second-order valence-electron chi connectivity index (χ2n) is 5.78. The fraction of sp³-hybridized carbons (Fsp3) is 0.250. The number of rotatable bonds is 7. The van der Waals surface area contributed by atoms with Crippen LogP contribution in [0.25, 0.3) is 10.8 Å². The summed E-state index contributed by atoms with van der Waals surface area (Å²) in [4.78, 5) is 30.4. The maximum Gasteiger partial charge on any atom is 0.323 e. The minimum Gasteiger partial charge on any atom is -0.465 e. The Balaban J connectivity index is 1.75. The van der Waals surface area contributed by atoms with Gasteiger partial charge in [-0.2, -0.15) is 0 Å². The zero-order valence-corrected chi connectivity index (χ0v) is 16.2. The number of Topliss-reactive ketones (excluding diaryl/α,β-unsaturated/α-hetero) is 1. The Kier molecular flexibility index (Phi) is 6.06. The average molecular weight is 386 g/mol. The molecule has 3 rings (SSSR count). The smallest absolute Gasteiger partial charge is 0.323 e. The SMILES string of the molecule is CCOC(=O)[C@H](C(=O)CSc1ccc2ccccc2c1)c1nc(C)cs1. The fourth-order valence-electron chi connectivity index (χ4n) is 2.60. The fourth-order valence-corrected chi connectivity index (χ4v) is 4.35. The summed E-state index contributed by atoms with van der Waals surface area (Å²) in [6.45, 7) is 3.82. The van der Waals surface area contributed by atoms with Crippen LogP contribution in [0.1, 0.15) is 23.5 Å². The van der Waals surface area contributed by atoms with E-state index in [-0.39, 0.29) is 18.1 Å². The second kappa shape index (κ2) is 8.47. The van der Waals surface area contributed by atoms with Gasteiger partial charge in [-0.15, -0.1) is 23.1 Å². The van der Waals surface area contributed by atoms with Gasteiger partial charge in [-0.1, -0.05) is 30.3 Å². The Hall–Kier alpha value is -2.18. The monoisotopic (exact) mass is 385 g/mol. The van der Waals surface area contributed by atoms with E-state index >= 15 is 0 Å². The van der Waals surface area contributed by atoms with E-state index in [1.54, 1.807) is 6.92 Å². The van der Waals surface area contributed by atoms with Crippen LogP contribution in [-0.4, -0.2) is 29.1 Å². The third kappa shape index (κ3) is 4.31. The van der Waals surface area contributed by atoms with Crippen molar-refractivity contribution < 1.29 is 14.3 Å². The lowest BCUT2D eigenvalue weighted by Crippen LogP contribution is -2.25. The van der Waals surface area contributed by atoms with E-state index in [1.165, 1.54) is 23.1 Å². The molecule has 6 heteroatoms. The number of ether oxygens (including phenoxy) is 1. The molecule has 26 heavy (non-hydrogen) atoms. The van der Waals surface area contributed by atoms with Crippen molar-refractivity contribution in [3.8, 4) is 0 Å². The van der Waals surface area contributed by atoms with Crippen LogP contribution in [0, 0.1) is 6.92 Å². The van der Waals surface area contributed by atoms with Gasteiger partial charge in [0.15, 0.2) is 11.7 Å². The summed E-state index contributed by atoms with van der Waals surface area (Å²) in [7, 11) is 0. The summed E-state index contributed by atoms with van der Waals surface area (Å²) < 4.78 is 5.10. The lowest BCUT2D eigenvalue weighted by molar-refractivity contribution is -0.147. The van der Waals surface area contributed by atoms with E-state index in [2.05, 4.69) is 17.1 Å². The van der Waals surface area contributed by atoms with Crippen molar-refractivity contribution in [2.24, 2.45) is 0 Å². The number of thiazole rings is 1. The third-order valence-electron chi connectivity index (χ3n) is 3.83. The van der Waals surface area contributed by atoms with Crippen LogP contribution in [0.5, 0.6) is 0 Å². The number of benzene rings is 2. The Bertz CT molecular complexity index is 935. The molecule has 0 spiro atoms. The van der Waals surface area contributed by atoms with Crippen LogP contribution in [0.2, 0.25) is 0 Å². The normalized spacial score (nSPS) is 12.1. The first-order valence-electron chi connectivity index (χ1n) is 8.31. The number of carbonyl (C=O) groups is 2. The first-order chi connectivity index (χ1) is 12.6. The highest BCUT2D eigenvalue weighted by Crippen LogP contribution is 2.28. The standard InChI is InChI=1S/C20H19NO3S2/c1-3-24-20(23)18(19-21-13(2)11-26-19)17(22)12-25-16-9-8-14-6-4-5-7-15(14)10-16/h4-11,18H,3,12H2,1-2H3/t18-/m1/s1. The van der Waals surface area contributed by atoms with Gasteiger partial charge in [-0.3, -0.25) is 9.59 Å². The molecule has 0 saturated heterocycles. The van der Waals surface area contributed by atoms with Crippen molar-refractivity contribution in [1.29, 1.82) is 0 Å². The van der Waals surface area contributed by atoms with Gasteiger partial charge in [0.1, 0.15) is 5.01 Å². The number of aromatic nitrogens is 1. The van der Waals surface area contributed by atoms with Crippen LogP contribution in [-0.2, 0) is 14.3 Å². The molecular weight excluding hydrogens is 366 g/mol. The molecule has 1 aromatic heterocycles. The molecule has 3 aromatic rings. The van der Waals surface area contributed by atoms with Crippen molar-refractivity contribution in [3.05, 3.63) is 58.5 Å². The van der Waals surface area contributed by atoms with Gasteiger partial charge < -0.3 is 4.74 Å². The molecule has 2 aromatic carbocycles. The second-order valence-corrected chi connectivity index (χ2v) is 7.71. The van der Waals surface area contributed by atoms with Crippen molar-refractivity contribution in [2.75, 3.05) is 12.4 Å². The van der Waals surface area contributed by atoms with E-state index in [4.69, 9.17) is 4.74 Å². The molecule has 0 unspecified atom stereocenters. The first kappa shape index (κ1) is 18.6. The predicted molar refractivity (Wildman–Crippen MR) is 106 cm³/mol. The lowest BCUT2D eigenvalue weighted by Gasteiger charge is -2.12. The number of carbonyl (C=O) groups excluding carboxylic acids is 2. The number of nitrogens with zero attached hydrogens (tertiary/aromatic N) is 1. The van der Waals surface area contributed by atoms with E-state index in [0.717, 1.165) is 21.4 Å². The maximum absolute atomic E-state index is 12.8. The molecule has 0 aliphatic carbocycles. The molecule has 134 valence electrons. The van der Waals surface area contributed by atoms with E-state index in [1.807, 2.05) is 42.6 Å². The Labute approximate surface area is 160 Å². The van der Waals surface area contributed by atoms with Crippen molar-refractivity contribution in [2.45, 2.75) is 24.7 Å². The first-order valence-corrected chi connectivity index (χ1v) is 10.2. The molecule has 0 N–H and O–H groups in total. The lowest BCUT2D eigenvalue weighted by atomic mass is 10.1. The summed E-state index contributed by atoms with van der Waals surface area (Å²) in [6.07, 6.45) is 0. The third-order valence-corrected chi connectivity index (χ3v) is 5.87. The average Bonchev–Trinajstić information content (AvgIpc) is 3.06. The highest BCUT2D eigenvalue weighted by molar-refractivity contribution is 8.00. The van der Waals surface area contributed by atoms with Crippen LogP contribution >= 0.6 is 23.1 Å². The molecule has 0 amide bonds. The number of esters is 1. The Morgan fingerprint density at radius 2 is 1.96 bits per heavy atom. The van der Waals surface area contributed by atoms with Crippen molar-refractivity contribution >= 4 is 45.6 Å². The zero-order chi connectivity index (χ0) is 18.5. The molecule has 0 aliphatic rings. The molecule has 0 aliphatic heterocycles. The highest BCUT2D eigenvalue weighted by atomic mass is 32.2. The molecule has 1 heterocycles. The summed E-state index contributed by atoms with van der Waals surface area (Å²) in [6, 6.07) is 14.2. The van der Waals surface area contributed by atoms with Crippen LogP contribution in [0.15, 0.2) is 52.7 Å². The number of fused-ring (bicyclic) bond motifs is 1. The van der Waals surface area contributed by atoms with E-state index in [9.17, 15) is 9.59 Å². The van der Waals surface area contributed by atoms with Crippen LogP contribution in [0.4, 0.5) is 0 Å². The number of ketones is 1. The molecular formula is C20H19NO3S2. The summed E-state index contributed by atoms with van der Waals surface area (Å²) in [5.41, 5.74) is 0.800. The molecule has 0 bridgehead atoms. The van der Waals surface area contributed by atoms with Crippen molar-refractivity contribution in [1.82, 2.24) is 4.98 Å². The van der Waals surface area contributed by atoms with Crippen LogP contribution in [0.3, 0.4) is 0 Å². The predicted octanol–water partition coefficient (Wildman–Crippen LogP) is 4.61. The zero-order valence-electron chi connectivity index (χ0n) is 14.6. The van der Waals surface area contributed by atoms with Gasteiger partial charge in [0.25, 0.3) is 0 Å². The van der Waals surface area contributed by atoms with Gasteiger partial charge in [-0.25, -0.2) is 4.98 Å². The van der Waals surface area contributed by atoms with Gasteiger partial charge in [-0.05, 0) is 36.8 Å². The number of aryl methyl sites for hydroxylation is 1. The summed E-state index contributed by atoms with van der Waals surface area (Å²) in [5.74, 6) is -1.45. The minimum absolute atomic E-state index is 0.184. The summed E-state index contributed by atoms with van der Waals surface area (Å²) in [5, 5.41) is 4.63. The van der Waals surface area contributed by atoms with Gasteiger partial charge in [0.05, 0.1) is 12.4 Å². The topological polar surface area (TPSA) is 56.3 Å². The molecule has 0 saturated carbocycles. The molecule has 1 atom stereocenters. The van der Waals surface area contributed by atoms with Gasteiger partial charge in [0, 0.05) is 16.0 Å². The molecule has 0 radical (unpaired) electrons. The van der Waals surface area contributed by atoms with Crippen LogP contribution < -0.4 is 0 Å². The van der Waals surface area contributed by atoms with E-state index < -0.39 is 11.9 Å². The largest absolute Gasteiger partial charge is 0.465 e. The highest BCUT2D eigenvalue weighted by Gasteiger charge is 2.32. The number of thioether (sulfide) groups is 1. The minimum atomic E-state index is -0.943. The van der Waals surface area contributed by atoms with E-state index in [0.29, 0.717) is 5.01 Å². The molecule has 0 fully saturated rings. The number of hydrogen-bond donors (Lipinski definition) is 0. The Morgan fingerprint density at radius 3 is 2.65 bits per heavy atom. The number of hydrogen-bond acceptors (Lipinski definition) is 6. The van der Waals surface area contributed by atoms with Crippen molar-refractivity contribution in [3.63, 3.8) is 0 Å². The Morgan fingerprint density at radius 1 is 1.19 bits per heavy atom. The van der Waals surface area contributed by atoms with Gasteiger partial charge in [0.2, 0.25) is 0 Å². The maximum atomic E-state index is 12.8.